The van der Waals surface area contributed by atoms with Crippen molar-refractivity contribution in [2.45, 2.75) is 39.3 Å². The predicted octanol–water partition coefficient (Wildman–Crippen LogP) is 2.65. The fraction of sp³-hybridized carbons (Fsp3) is 0.500. The highest BCUT2D eigenvalue weighted by molar-refractivity contribution is 6.02. The van der Waals surface area contributed by atoms with E-state index in [1.54, 1.807) is 19.2 Å². The third-order valence-electron chi connectivity index (χ3n) is 2.42. The summed E-state index contributed by atoms with van der Waals surface area (Å²) >= 11 is 0. The maximum atomic E-state index is 12.3. The molecule has 3 heteroatoms. The molecule has 17 heavy (non-hydrogen) atoms. The van der Waals surface area contributed by atoms with E-state index < -0.39 is 0 Å². The number of ketones is 1. The Morgan fingerprint density at radius 1 is 1.29 bits per heavy atom. The fourth-order valence-electron chi connectivity index (χ4n) is 1.80. The van der Waals surface area contributed by atoms with Gasteiger partial charge in [0.1, 0.15) is 5.75 Å². The van der Waals surface area contributed by atoms with Crippen LogP contribution in [0.4, 0.5) is 0 Å². The number of ether oxygens (including phenoxy) is 1. The van der Waals surface area contributed by atoms with Crippen molar-refractivity contribution in [1.29, 1.82) is 0 Å². The minimum atomic E-state index is -0.230. The number of Topliss-reactive ketones (excluding diaryl/α,β-unsaturated/α-hetero) is 1. The molecule has 3 nitrogen and oxygen atoms in total. The summed E-state index contributed by atoms with van der Waals surface area (Å²) in [7, 11) is 1.58. The van der Waals surface area contributed by atoms with Gasteiger partial charge in [0.2, 0.25) is 0 Å². The molecule has 0 fully saturated rings. The van der Waals surface area contributed by atoms with Crippen LogP contribution in [0, 0.1) is 0 Å². The maximum absolute atomic E-state index is 12.3. The summed E-state index contributed by atoms with van der Waals surface area (Å²) in [6, 6.07) is 7.07. The van der Waals surface area contributed by atoms with Gasteiger partial charge in [-0.1, -0.05) is 12.1 Å². The molecule has 94 valence electrons. The topological polar surface area (TPSA) is 38.3 Å². The molecule has 1 aromatic carbocycles. The number of carbonyl (C=O) groups excluding carboxylic acids is 1. The molecular weight excluding hydrogens is 214 g/mol. The average molecular weight is 235 g/mol. The summed E-state index contributed by atoms with van der Waals surface area (Å²) in [6.45, 7) is 8.00. The molecular formula is C14H21NO2. The molecule has 0 saturated heterocycles. The highest BCUT2D eigenvalue weighted by Gasteiger charge is 2.22. The lowest BCUT2D eigenvalue weighted by molar-refractivity contribution is 0.0932. The van der Waals surface area contributed by atoms with Crippen LogP contribution < -0.4 is 10.1 Å². The number of hydrogen-bond donors (Lipinski definition) is 1. The number of para-hydroxylation sites is 1. The summed E-state index contributed by atoms with van der Waals surface area (Å²) < 4.78 is 5.20. The normalized spacial score (nSPS) is 13.2. The Hall–Kier alpha value is -1.35. The molecule has 1 atom stereocenters. The third kappa shape index (κ3) is 3.86. The Bertz CT molecular complexity index is 393. The van der Waals surface area contributed by atoms with E-state index in [0.29, 0.717) is 11.3 Å². The van der Waals surface area contributed by atoms with Crippen molar-refractivity contribution < 1.29 is 9.53 Å². The second-order valence-corrected chi connectivity index (χ2v) is 5.18. The largest absolute Gasteiger partial charge is 0.496 e. The molecule has 0 heterocycles. The lowest BCUT2D eigenvalue weighted by Crippen LogP contribution is -2.46. The van der Waals surface area contributed by atoms with E-state index >= 15 is 0 Å². The molecule has 1 rings (SSSR count). The lowest BCUT2D eigenvalue weighted by atomic mass is 10.0. The molecule has 0 saturated carbocycles. The average Bonchev–Trinajstić information content (AvgIpc) is 2.25. The Balaban J connectivity index is 2.89. The van der Waals surface area contributed by atoms with Crippen molar-refractivity contribution in [3.05, 3.63) is 29.8 Å². The molecule has 0 aliphatic carbocycles. The molecule has 1 aromatic rings. The SMILES string of the molecule is COc1ccccc1C(=O)C(C)NC(C)(C)C. The van der Waals surface area contributed by atoms with Crippen molar-refractivity contribution in [2.24, 2.45) is 0 Å². The Morgan fingerprint density at radius 2 is 1.88 bits per heavy atom. The van der Waals surface area contributed by atoms with Crippen molar-refractivity contribution >= 4 is 5.78 Å². The third-order valence-corrected chi connectivity index (χ3v) is 2.42. The van der Waals surface area contributed by atoms with Gasteiger partial charge in [-0.25, -0.2) is 0 Å². The van der Waals surface area contributed by atoms with E-state index in [1.807, 2.05) is 39.8 Å². The van der Waals surface area contributed by atoms with Crippen LogP contribution in [0.3, 0.4) is 0 Å². The predicted molar refractivity (Wildman–Crippen MR) is 69.7 cm³/mol. The zero-order valence-electron chi connectivity index (χ0n) is 11.2. The van der Waals surface area contributed by atoms with Gasteiger partial charge in [0.05, 0.1) is 18.7 Å². The first-order valence-corrected chi connectivity index (χ1v) is 5.80. The van der Waals surface area contributed by atoms with Crippen molar-refractivity contribution in [3.63, 3.8) is 0 Å². The van der Waals surface area contributed by atoms with Crippen LogP contribution in [-0.2, 0) is 0 Å². The van der Waals surface area contributed by atoms with Crippen LogP contribution in [0.15, 0.2) is 24.3 Å². The zero-order chi connectivity index (χ0) is 13.1. The Labute approximate surface area is 103 Å². The Morgan fingerprint density at radius 3 is 2.41 bits per heavy atom. The Kier molecular flexibility index (Phi) is 4.29. The van der Waals surface area contributed by atoms with E-state index in [0.717, 1.165) is 0 Å². The number of hydrogen-bond acceptors (Lipinski definition) is 3. The molecule has 0 radical (unpaired) electrons. The van der Waals surface area contributed by atoms with Gasteiger partial charge in [0.25, 0.3) is 0 Å². The van der Waals surface area contributed by atoms with E-state index in [9.17, 15) is 4.79 Å². The summed E-state index contributed by atoms with van der Waals surface area (Å²) in [5.41, 5.74) is 0.538. The first-order chi connectivity index (χ1) is 7.85. The van der Waals surface area contributed by atoms with Crippen LogP contribution in [0.1, 0.15) is 38.1 Å². The van der Waals surface area contributed by atoms with Crippen LogP contribution >= 0.6 is 0 Å². The van der Waals surface area contributed by atoms with Crippen LogP contribution in [0.25, 0.3) is 0 Å². The molecule has 0 aromatic heterocycles. The van der Waals surface area contributed by atoms with Crippen LogP contribution in [0.5, 0.6) is 5.75 Å². The lowest BCUT2D eigenvalue weighted by Gasteiger charge is -2.25. The highest BCUT2D eigenvalue weighted by Crippen LogP contribution is 2.19. The zero-order valence-corrected chi connectivity index (χ0v) is 11.2. The first-order valence-electron chi connectivity index (χ1n) is 5.80. The van der Waals surface area contributed by atoms with Gasteiger partial charge < -0.3 is 10.1 Å². The maximum Gasteiger partial charge on any atom is 0.183 e. The fourth-order valence-corrected chi connectivity index (χ4v) is 1.80. The monoisotopic (exact) mass is 235 g/mol. The van der Waals surface area contributed by atoms with Crippen molar-refractivity contribution in [3.8, 4) is 5.75 Å². The number of nitrogens with one attached hydrogen (secondary N) is 1. The summed E-state index contributed by atoms with van der Waals surface area (Å²) in [5.74, 6) is 0.678. The quantitative estimate of drug-likeness (QED) is 0.815. The van der Waals surface area contributed by atoms with Gasteiger partial charge in [-0.2, -0.15) is 0 Å². The second kappa shape index (κ2) is 5.32. The van der Waals surface area contributed by atoms with Gasteiger partial charge in [-0.15, -0.1) is 0 Å². The smallest absolute Gasteiger partial charge is 0.183 e. The van der Waals surface area contributed by atoms with Gasteiger partial charge in [0.15, 0.2) is 5.78 Å². The number of carbonyl (C=O) groups is 1. The van der Waals surface area contributed by atoms with Gasteiger partial charge in [-0.3, -0.25) is 4.79 Å². The van der Waals surface area contributed by atoms with Gasteiger partial charge in [-0.05, 0) is 39.8 Å². The summed E-state index contributed by atoms with van der Waals surface area (Å²) in [5, 5.41) is 3.26. The molecule has 0 spiro atoms. The highest BCUT2D eigenvalue weighted by atomic mass is 16.5. The standard InChI is InChI=1S/C14H21NO2/c1-10(15-14(2,3)4)13(16)11-8-6-7-9-12(11)17-5/h6-10,15H,1-5H3. The number of rotatable bonds is 4. The summed E-state index contributed by atoms with van der Waals surface area (Å²) in [4.78, 5) is 12.3. The molecule has 0 aliphatic heterocycles. The molecule has 1 unspecified atom stereocenters. The molecule has 0 bridgehead atoms. The van der Waals surface area contributed by atoms with Crippen molar-refractivity contribution in [2.75, 3.05) is 7.11 Å². The van der Waals surface area contributed by atoms with E-state index in [4.69, 9.17) is 4.74 Å². The van der Waals surface area contributed by atoms with Gasteiger partial charge in [0, 0.05) is 5.54 Å². The second-order valence-electron chi connectivity index (χ2n) is 5.18. The van der Waals surface area contributed by atoms with Crippen LogP contribution in [0.2, 0.25) is 0 Å². The van der Waals surface area contributed by atoms with Crippen LogP contribution in [-0.4, -0.2) is 24.5 Å². The molecule has 0 aliphatic rings. The van der Waals surface area contributed by atoms with E-state index in [1.165, 1.54) is 0 Å². The minimum Gasteiger partial charge on any atom is -0.496 e. The van der Waals surface area contributed by atoms with Crippen molar-refractivity contribution in [1.82, 2.24) is 5.32 Å². The molecule has 1 N–H and O–H groups in total. The number of methoxy groups -OCH3 is 1. The first kappa shape index (κ1) is 13.7. The van der Waals surface area contributed by atoms with Gasteiger partial charge >= 0.3 is 0 Å². The minimum absolute atomic E-state index is 0.0531. The van der Waals surface area contributed by atoms with E-state index in [-0.39, 0.29) is 17.4 Å². The number of benzene rings is 1. The van der Waals surface area contributed by atoms with E-state index in [2.05, 4.69) is 5.32 Å². The summed E-state index contributed by atoms with van der Waals surface area (Å²) in [6.07, 6.45) is 0. The molecule has 0 amide bonds.